The summed E-state index contributed by atoms with van der Waals surface area (Å²) < 4.78 is 34.1. The van der Waals surface area contributed by atoms with Gasteiger partial charge in [-0.15, -0.1) is 0 Å². The number of hydrogen-bond acceptors (Lipinski definition) is 5. The van der Waals surface area contributed by atoms with Gasteiger partial charge in [0.2, 0.25) is 15.9 Å². The Kier molecular flexibility index (Phi) is 7.68. The van der Waals surface area contributed by atoms with Crippen molar-refractivity contribution in [3.63, 3.8) is 0 Å². The monoisotopic (exact) mass is 437 g/mol. The van der Waals surface area contributed by atoms with Crippen LogP contribution in [0.15, 0.2) is 28.1 Å². The molecular formula is C20H31N5O4S. The third-order valence-electron chi connectivity index (χ3n) is 5.49. The molecule has 1 atom stereocenters. The quantitative estimate of drug-likeness (QED) is 0.300. The van der Waals surface area contributed by atoms with E-state index in [0.717, 1.165) is 31.2 Å². The van der Waals surface area contributed by atoms with E-state index in [1.165, 1.54) is 5.56 Å². The zero-order chi connectivity index (χ0) is 21.6. The van der Waals surface area contributed by atoms with Gasteiger partial charge in [0.05, 0.1) is 18.1 Å². The fourth-order valence-corrected chi connectivity index (χ4v) is 5.15. The molecule has 0 aromatic heterocycles. The maximum atomic E-state index is 13.1. The molecule has 1 aliphatic heterocycles. The van der Waals surface area contributed by atoms with Crippen molar-refractivity contribution in [2.75, 3.05) is 32.8 Å². The van der Waals surface area contributed by atoms with Crippen molar-refractivity contribution in [3.05, 3.63) is 29.3 Å². The lowest BCUT2D eigenvalue weighted by atomic mass is 9.92. The van der Waals surface area contributed by atoms with Crippen molar-refractivity contribution in [1.82, 2.24) is 9.62 Å². The van der Waals surface area contributed by atoms with E-state index >= 15 is 0 Å². The summed E-state index contributed by atoms with van der Waals surface area (Å²) >= 11 is 0. The van der Waals surface area contributed by atoms with E-state index in [1.807, 2.05) is 6.07 Å². The molecule has 0 bridgehead atoms. The van der Waals surface area contributed by atoms with Gasteiger partial charge in [-0.3, -0.25) is 9.79 Å². The van der Waals surface area contributed by atoms with Crippen molar-refractivity contribution < 1.29 is 17.9 Å². The van der Waals surface area contributed by atoms with Crippen LogP contribution in [0, 0.1) is 0 Å². The van der Waals surface area contributed by atoms with Crippen molar-refractivity contribution in [2.45, 2.75) is 49.5 Å². The first-order valence-corrected chi connectivity index (χ1v) is 11.9. The molecule has 1 amide bonds. The van der Waals surface area contributed by atoms with Crippen LogP contribution >= 0.6 is 0 Å². The number of carbonyl (C=O) groups excluding carboxylic acids is 1. The van der Waals surface area contributed by atoms with Crippen LogP contribution < -0.4 is 16.2 Å². The molecule has 30 heavy (non-hydrogen) atoms. The highest BCUT2D eigenvalue weighted by Gasteiger charge is 2.30. The standard InChI is InChI=1S/C20H31N5O4S/c21-20(22)23-9-3-6-18(19(26)25-10-12-29-13-11-25)24-30(27,28)17-8-7-15-4-1-2-5-16(15)14-17/h7-8,14,18,24H,1-6,9-13H2,(H4,21,22,23)/t18-/m0/s1. The van der Waals surface area contributed by atoms with Crippen LogP contribution in [-0.4, -0.2) is 64.1 Å². The van der Waals surface area contributed by atoms with Gasteiger partial charge in [-0.05, 0) is 61.8 Å². The van der Waals surface area contributed by atoms with Gasteiger partial charge in [0, 0.05) is 19.6 Å². The van der Waals surface area contributed by atoms with Crippen LogP contribution in [-0.2, 0) is 32.4 Å². The maximum absolute atomic E-state index is 13.1. The molecule has 2 aliphatic rings. The van der Waals surface area contributed by atoms with Gasteiger partial charge in [0.25, 0.3) is 0 Å². The number of guanidine groups is 1. The lowest BCUT2D eigenvalue weighted by Gasteiger charge is -2.30. The zero-order valence-corrected chi connectivity index (χ0v) is 18.0. The molecule has 10 heteroatoms. The van der Waals surface area contributed by atoms with Crippen molar-refractivity contribution in [2.24, 2.45) is 16.5 Å². The zero-order valence-electron chi connectivity index (χ0n) is 17.2. The second-order valence-corrected chi connectivity index (χ2v) is 9.41. The average molecular weight is 438 g/mol. The van der Waals surface area contributed by atoms with Crippen molar-refractivity contribution in [1.29, 1.82) is 0 Å². The Hall–Kier alpha value is -2.17. The number of amides is 1. The maximum Gasteiger partial charge on any atom is 0.241 e. The summed E-state index contributed by atoms with van der Waals surface area (Å²) in [5.74, 6) is -0.273. The predicted molar refractivity (Wildman–Crippen MR) is 115 cm³/mol. The lowest BCUT2D eigenvalue weighted by Crippen LogP contribution is -2.51. The number of morpholine rings is 1. The molecule has 1 fully saturated rings. The molecule has 1 heterocycles. The highest BCUT2D eigenvalue weighted by Crippen LogP contribution is 2.24. The molecule has 0 spiro atoms. The second-order valence-electron chi connectivity index (χ2n) is 7.70. The molecule has 1 aromatic carbocycles. The summed E-state index contributed by atoms with van der Waals surface area (Å²) in [5, 5.41) is 0. The van der Waals surface area contributed by atoms with E-state index in [1.54, 1.807) is 17.0 Å². The highest BCUT2D eigenvalue weighted by atomic mass is 32.2. The average Bonchev–Trinajstić information content (AvgIpc) is 2.75. The highest BCUT2D eigenvalue weighted by molar-refractivity contribution is 7.89. The Morgan fingerprint density at radius 3 is 2.57 bits per heavy atom. The first-order valence-electron chi connectivity index (χ1n) is 10.4. The van der Waals surface area contributed by atoms with E-state index in [2.05, 4.69) is 9.71 Å². The lowest BCUT2D eigenvalue weighted by molar-refractivity contribution is -0.137. The van der Waals surface area contributed by atoms with E-state index < -0.39 is 16.1 Å². The summed E-state index contributed by atoms with van der Waals surface area (Å²) in [5.41, 5.74) is 13.0. The molecule has 1 saturated heterocycles. The molecule has 5 N–H and O–H groups in total. The Labute approximate surface area is 177 Å². The van der Waals surface area contributed by atoms with Crippen LogP contribution in [0.1, 0.15) is 36.8 Å². The molecule has 1 aliphatic carbocycles. The summed E-state index contributed by atoms with van der Waals surface area (Å²) in [6, 6.07) is 4.38. The second kappa shape index (κ2) is 10.2. The van der Waals surface area contributed by atoms with Crippen molar-refractivity contribution in [3.8, 4) is 0 Å². The topological polar surface area (TPSA) is 140 Å². The van der Waals surface area contributed by atoms with Gasteiger partial charge in [0.15, 0.2) is 5.96 Å². The number of nitrogens with two attached hydrogens (primary N) is 2. The molecule has 0 saturated carbocycles. The van der Waals surface area contributed by atoms with Gasteiger partial charge in [-0.25, -0.2) is 8.42 Å². The molecule has 0 radical (unpaired) electrons. The Morgan fingerprint density at radius 1 is 1.17 bits per heavy atom. The Bertz CT molecular complexity index is 877. The van der Waals surface area contributed by atoms with Gasteiger partial charge in [-0.2, -0.15) is 4.72 Å². The summed E-state index contributed by atoms with van der Waals surface area (Å²) in [7, 11) is -3.84. The molecule has 0 unspecified atom stereocenters. The van der Waals surface area contributed by atoms with E-state index in [-0.39, 0.29) is 16.8 Å². The van der Waals surface area contributed by atoms with E-state index in [0.29, 0.717) is 45.7 Å². The number of ether oxygens (including phenoxy) is 1. The first-order chi connectivity index (χ1) is 14.4. The van der Waals surface area contributed by atoms with Crippen LogP contribution in [0.5, 0.6) is 0 Å². The van der Waals surface area contributed by atoms with Crippen LogP contribution in [0.25, 0.3) is 0 Å². The predicted octanol–water partition coefficient (Wildman–Crippen LogP) is 0.125. The van der Waals surface area contributed by atoms with Gasteiger partial charge in [-0.1, -0.05) is 6.07 Å². The summed E-state index contributed by atoms with van der Waals surface area (Å²) in [6.45, 7) is 2.12. The number of sulfonamides is 1. The molecule has 3 rings (SSSR count). The number of nitrogens with zero attached hydrogens (tertiary/aromatic N) is 2. The molecule has 166 valence electrons. The minimum Gasteiger partial charge on any atom is -0.378 e. The summed E-state index contributed by atoms with van der Waals surface area (Å²) in [4.78, 5) is 18.8. The number of nitrogens with one attached hydrogen (secondary N) is 1. The SMILES string of the molecule is NC(N)=NCCC[C@H](NS(=O)(=O)c1ccc2c(c1)CCCC2)C(=O)N1CCOCC1. The van der Waals surface area contributed by atoms with E-state index in [4.69, 9.17) is 16.2 Å². The third kappa shape index (κ3) is 5.93. The minimum atomic E-state index is -3.84. The Morgan fingerprint density at radius 2 is 1.87 bits per heavy atom. The number of aryl methyl sites for hydroxylation is 2. The number of rotatable bonds is 8. The fraction of sp³-hybridized carbons (Fsp3) is 0.600. The smallest absolute Gasteiger partial charge is 0.241 e. The fourth-order valence-electron chi connectivity index (χ4n) is 3.87. The van der Waals surface area contributed by atoms with Crippen LogP contribution in [0.2, 0.25) is 0 Å². The van der Waals surface area contributed by atoms with Crippen molar-refractivity contribution >= 4 is 21.9 Å². The Balaban J connectivity index is 1.75. The largest absolute Gasteiger partial charge is 0.378 e. The normalized spacial score (nSPS) is 17.8. The number of carbonyl (C=O) groups is 1. The van der Waals surface area contributed by atoms with Crippen LogP contribution in [0.3, 0.4) is 0 Å². The third-order valence-corrected chi connectivity index (χ3v) is 6.96. The van der Waals surface area contributed by atoms with Crippen LogP contribution in [0.4, 0.5) is 0 Å². The van der Waals surface area contributed by atoms with Gasteiger partial charge in [0.1, 0.15) is 6.04 Å². The molecule has 9 nitrogen and oxygen atoms in total. The number of fused-ring (bicyclic) bond motifs is 1. The number of aliphatic imine (C=N–C) groups is 1. The minimum absolute atomic E-state index is 0.0271. The summed E-state index contributed by atoms with van der Waals surface area (Å²) in [6.07, 6.45) is 4.83. The molecular weight excluding hydrogens is 406 g/mol. The van der Waals surface area contributed by atoms with Gasteiger partial charge >= 0.3 is 0 Å². The van der Waals surface area contributed by atoms with Gasteiger partial charge < -0.3 is 21.1 Å². The first kappa shape index (κ1) is 22.5. The molecule has 1 aromatic rings. The number of benzene rings is 1. The van der Waals surface area contributed by atoms with E-state index in [9.17, 15) is 13.2 Å². The number of hydrogen-bond donors (Lipinski definition) is 3.